The number of carbonyl (C=O) groups is 2. The van der Waals surface area contributed by atoms with E-state index >= 15 is 0 Å². The lowest BCUT2D eigenvalue weighted by Crippen LogP contribution is -2.49. The Hall–Kier alpha value is -2.04. The Morgan fingerprint density at radius 3 is 2.55 bits per heavy atom. The van der Waals surface area contributed by atoms with Crippen LogP contribution in [0.3, 0.4) is 0 Å². The Morgan fingerprint density at radius 1 is 1.23 bits per heavy atom. The van der Waals surface area contributed by atoms with Crippen LogP contribution in [0.2, 0.25) is 0 Å². The normalized spacial score (nSPS) is 15.5. The van der Waals surface area contributed by atoms with E-state index in [4.69, 9.17) is 0 Å². The van der Waals surface area contributed by atoms with Gasteiger partial charge in [0.1, 0.15) is 0 Å². The maximum absolute atomic E-state index is 12.5. The van der Waals surface area contributed by atoms with E-state index in [0.717, 1.165) is 30.4 Å². The second-order valence-corrected chi connectivity index (χ2v) is 5.78. The van der Waals surface area contributed by atoms with E-state index in [1.54, 1.807) is 0 Å². The second-order valence-electron chi connectivity index (χ2n) is 5.78. The van der Waals surface area contributed by atoms with Crippen LogP contribution >= 0.6 is 0 Å². The third kappa shape index (κ3) is 4.23. The fourth-order valence-electron chi connectivity index (χ4n) is 2.69. The highest BCUT2D eigenvalue weighted by Gasteiger charge is 2.25. The summed E-state index contributed by atoms with van der Waals surface area (Å²) in [6, 6.07) is 7.71. The molecular weight excluding hydrogens is 278 g/mol. The van der Waals surface area contributed by atoms with Crippen LogP contribution < -0.4 is 10.6 Å². The van der Waals surface area contributed by atoms with Crippen molar-refractivity contribution in [2.75, 3.05) is 19.6 Å². The average molecular weight is 303 g/mol. The first kappa shape index (κ1) is 16.3. The van der Waals surface area contributed by atoms with Crippen molar-refractivity contribution in [1.29, 1.82) is 0 Å². The molecule has 0 aromatic heterocycles. The fraction of sp³-hybridized carbons (Fsp3) is 0.529. The number of amides is 3. The molecule has 1 aromatic rings. The predicted molar refractivity (Wildman–Crippen MR) is 86.9 cm³/mol. The molecule has 1 heterocycles. The summed E-state index contributed by atoms with van der Waals surface area (Å²) in [6.07, 6.45) is 2.53. The molecular formula is C17H25N3O2. The number of carbonyl (C=O) groups excluding carboxylic acids is 2. The minimum absolute atomic E-state index is 0.0898. The molecule has 1 aliphatic heterocycles. The first-order valence-electron chi connectivity index (χ1n) is 8.01. The van der Waals surface area contributed by atoms with Gasteiger partial charge in [0.05, 0.1) is 0 Å². The van der Waals surface area contributed by atoms with Gasteiger partial charge in [0.25, 0.3) is 5.91 Å². The second kappa shape index (κ2) is 7.82. The van der Waals surface area contributed by atoms with E-state index in [9.17, 15) is 9.59 Å². The Bertz CT molecular complexity index is 522. The van der Waals surface area contributed by atoms with Crippen molar-refractivity contribution < 1.29 is 9.59 Å². The summed E-state index contributed by atoms with van der Waals surface area (Å²) < 4.78 is 0. The largest absolute Gasteiger partial charge is 0.338 e. The molecule has 0 aliphatic carbocycles. The summed E-state index contributed by atoms with van der Waals surface area (Å²) in [4.78, 5) is 26.0. The molecule has 0 saturated carbocycles. The van der Waals surface area contributed by atoms with Crippen molar-refractivity contribution >= 4 is 11.9 Å². The van der Waals surface area contributed by atoms with Crippen molar-refractivity contribution in [2.24, 2.45) is 0 Å². The maximum atomic E-state index is 12.5. The molecule has 0 unspecified atom stereocenters. The molecule has 0 atom stereocenters. The van der Waals surface area contributed by atoms with Crippen LogP contribution in [0.25, 0.3) is 0 Å². The highest BCUT2D eigenvalue weighted by molar-refractivity contribution is 5.95. The Labute approximate surface area is 132 Å². The molecule has 1 aliphatic rings. The molecule has 0 radical (unpaired) electrons. The quantitative estimate of drug-likeness (QED) is 0.896. The predicted octanol–water partition coefficient (Wildman–Crippen LogP) is 2.31. The van der Waals surface area contributed by atoms with Gasteiger partial charge in [0.15, 0.2) is 0 Å². The number of urea groups is 1. The Morgan fingerprint density at radius 2 is 1.91 bits per heavy atom. The van der Waals surface area contributed by atoms with Gasteiger partial charge >= 0.3 is 6.03 Å². The summed E-state index contributed by atoms with van der Waals surface area (Å²) >= 11 is 0. The third-order valence-electron chi connectivity index (χ3n) is 4.03. The number of nitrogens with one attached hydrogen (secondary N) is 2. The monoisotopic (exact) mass is 303 g/mol. The SMILES string of the molecule is CCCNC(=O)NC1CCN(C(=O)c2ccccc2C)CC1. The lowest BCUT2D eigenvalue weighted by molar-refractivity contribution is 0.0707. The van der Waals surface area contributed by atoms with Crippen LogP contribution in [0.4, 0.5) is 4.79 Å². The topological polar surface area (TPSA) is 61.4 Å². The van der Waals surface area contributed by atoms with Crippen LogP contribution in [0.1, 0.15) is 42.1 Å². The first-order valence-corrected chi connectivity index (χ1v) is 8.01. The minimum atomic E-state index is -0.106. The molecule has 1 saturated heterocycles. The van der Waals surface area contributed by atoms with E-state index in [-0.39, 0.29) is 18.0 Å². The van der Waals surface area contributed by atoms with E-state index < -0.39 is 0 Å². The van der Waals surface area contributed by atoms with Gasteiger partial charge in [-0.15, -0.1) is 0 Å². The van der Waals surface area contributed by atoms with Crippen molar-refractivity contribution in [3.8, 4) is 0 Å². The summed E-state index contributed by atoms with van der Waals surface area (Å²) in [5.74, 6) is 0.0898. The molecule has 5 nitrogen and oxygen atoms in total. The molecule has 0 bridgehead atoms. The van der Waals surface area contributed by atoms with Crippen molar-refractivity contribution in [3.05, 3.63) is 35.4 Å². The van der Waals surface area contributed by atoms with Gasteiger partial charge in [-0.05, 0) is 37.8 Å². The number of rotatable bonds is 4. The number of benzene rings is 1. The zero-order chi connectivity index (χ0) is 15.9. The van der Waals surface area contributed by atoms with Crippen molar-refractivity contribution in [2.45, 2.75) is 39.2 Å². The van der Waals surface area contributed by atoms with Crippen molar-refractivity contribution in [1.82, 2.24) is 15.5 Å². The standard InChI is InChI=1S/C17H25N3O2/c1-3-10-18-17(22)19-14-8-11-20(12-9-14)16(21)15-7-5-4-6-13(15)2/h4-7,14H,3,8-12H2,1-2H3,(H2,18,19,22). The number of aryl methyl sites for hydroxylation is 1. The molecule has 120 valence electrons. The highest BCUT2D eigenvalue weighted by atomic mass is 16.2. The smallest absolute Gasteiger partial charge is 0.315 e. The van der Waals surface area contributed by atoms with Gasteiger partial charge in [-0.3, -0.25) is 4.79 Å². The molecule has 2 N–H and O–H groups in total. The molecule has 5 heteroatoms. The molecule has 0 spiro atoms. The summed E-state index contributed by atoms with van der Waals surface area (Å²) in [6.45, 7) is 6.05. The molecule has 22 heavy (non-hydrogen) atoms. The van der Waals surface area contributed by atoms with Crippen LogP contribution in [-0.4, -0.2) is 42.5 Å². The summed E-state index contributed by atoms with van der Waals surface area (Å²) in [5, 5.41) is 5.79. The lowest BCUT2D eigenvalue weighted by atomic mass is 10.0. The van der Waals surface area contributed by atoms with Crippen LogP contribution in [0.5, 0.6) is 0 Å². The maximum Gasteiger partial charge on any atom is 0.315 e. The number of likely N-dealkylation sites (tertiary alicyclic amines) is 1. The highest BCUT2D eigenvalue weighted by Crippen LogP contribution is 2.16. The number of piperidine rings is 1. The van der Waals surface area contributed by atoms with E-state index in [1.807, 2.05) is 43.0 Å². The third-order valence-corrected chi connectivity index (χ3v) is 4.03. The zero-order valence-electron chi connectivity index (χ0n) is 13.4. The summed E-state index contributed by atoms with van der Waals surface area (Å²) in [5.41, 5.74) is 1.78. The minimum Gasteiger partial charge on any atom is -0.338 e. The average Bonchev–Trinajstić information content (AvgIpc) is 2.53. The van der Waals surface area contributed by atoms with Crippen LogP contribution in [-0.2, 0) is 0 Å². The fourth-order valence-corrected chi connectivity index (χ4v) is 2.69. The first-order chi connectivity index (χ1) is 10.6. The van der Waals surface area contributed by atoms with E-state index in [2.05, 4.69) is 10.6 Å². The molecule has 1 fully saturated rings. The molecule has 1 aromatic carbocycles. The van der Waals surface area contributed by atoms with Gasteiger partial charge in [-0.1, -0.05) is 25.1 Å². The van der Waals surface area contributed by atoms with Gasteiger partial charge < -0.3 is 15.5 Å². The van der Waals surface area contributed by atoms with Gasteiger partial charge in [0, 0.05) is 31.2 Å². The van der Waals surface area contributed by atoms with E-state index in [0.29, 0.717) is 19.6 Å². The molecule has 3 amide bonds. The summed E-state index contributed by atoms with van der Waals surface area (Å²) in [7, 11) is 0. The van der Waals surface area contributed by atoms with Crippen LogP contribution in [0, 0.1) is 6.92 Å². The lowest BCUT2D eigenvalue weighted by Gasteiger charge is -2.32. The number of nitrogens with zero attached hydrogens (tertiary/aromatic N) is 1. The van der Waals surface area contributed by atoms with Gasteiger partial charge in [-0.2, -0.15) is 0 Å². The number of hydrogen-bond donors (Lipinski definition) is 2. The Kier molecular flexibility index (Phi) is 5.81. The van der Waals surface area contributed by atoms with Gasteiger partial charge in [-0.25, -0.2) is 4.79 Å². The Balaban J connectivity index is 1.83. The van der Waals surface area contributed by atoms with Crippen LogP contribution in [0.15, 0.2) is 24.3 Å². The van der Waals surface area contributed by atoms with Crippen molar-refractivity contribution in [3.63, 3.8) is 0 Å². The van der Waals surface area contributed by atoms with Gasteiger partial charge in [0.2, 0.25) is 0 Å². The zero-order valence-corrected chi connectivity index (χ0v) is 13.4. The van der Waals surface area contributed by atoms with E-state index in [1.165, 1.54) is 0 Å². The number of hydrogen-bond acceptors (Lipinski definition) is 2. The molecule has 2 rings (SSSR count).